The van der Waals surface area contributed by atoms with Gasteiger partial charge >= 0.3 is 15.6 Å². The smallest absolute Gasteiger partial charge is 0.376 e. The maximum atomic E-state index is 12.4. The van der Waals surface area contributed by atoms with Gasteiger partial charge in [-0.25, -0.2) is 0 Å². The molecule has 2 aromatic rings. The van der Waals surface area contributed by atoms with E-state index in [4.69, 9.17) is 0 Å². The number of hydrogen-bond donors (Lipinski definition) is 0. The van der Waals surface area contributed by atoms with Gasteiger partial charge in [0, 0.05) is 38.1 Å². The molecule has 141 valence electrons. The van der Waals surface area contributed by atoms with Gasteiger partial charge < -0.3 is 8.98 Å². The summed E-state index contributed by atoms with van der Waals surface area (Å²) >= 11 is 0. The second-order valence-corrected chi connectivity index (χ2v) is 7.66. The third kappa shape index (κ3) is 4.27. The Morgan fingerprint density at radius 1 is 0.926 bits per heavy atom. The summed E-state index contributed by atoms with van der Waals surface area (Å²) in [5, 5.41) is 0. The van der Waals surface area contributed by atoms with Gasteiger partial charge in [0.05, 0.1) is 6.29 Å². The van der Waals surface area contributed by atoms with Crippen molar-refractivity contribution in [1.29, 1.82) is 0 Å². The summed E-state index contributed by atoms with van der Waals surface area (Å²) in [7, 11) is -5.69. The minimum atomic E-state index is -5.69. The molecule has 3 rings (SSSR count). The van der Waals surface area contributed by atoms with Crippen molar-refractivity contribution >= 4 is 16.4 Å². The van der Waals surface area contributed by atoms with Gasteiger partial charge in [-0.3, -0.25) is 0 Å². The van der Waals surface area contributed by atoms with Gasteiger partial charge in [0.15, 0.2) is 0 Å². The molecule has 0 N–H and O–H groups in total. The van der Waals surface area contributed by atoms with Crippen LogP contribution < -0.4 is 4.18 Å². The minimum absolute atomic E-state index is 0. The van der Waals surface area contributed by atoms with Gasteiger partial charge in [-0.05, 0) is 30.5 Å². The maximum Gasteiger partial charge on any atom is 0.534 e. The van der Waals surface area contributed by atoms with E-state index in [1.54, 1.807) is 24.3 Å². The van der Waals surface area contributed by atoms with Crippen LogP contribution in [0.1, 0.15) is 36.0 Å². The molecule has 1 radical (unpaired) electrons. The number of benzene rings is 2. The fourth-order valence-electron chi connectivity index (χ4n) is 3.14. The van der Waals surface area contributed by atoms with Crippen molar-refractivity contribution < 1.29 is 63.3 Å². The van der Waals surface area contributed by atoms with E-state index in [1.807, 2.05) is 18.4 Å². The minimum Gasteiger partial charge on any atom is -0.376 e. The number of hydrogen-bond acceptors (Lipinski definition) is 4. The Labute approximate surface area is 180 Å². The summed E-state index contributed by atoms with van der Waals surface area (Å²) in [5.74, 6) is -0.397. The van der Waals surface area contributed by atoms with Crippen molar-refractivity contribution in [3.05, 3.63) is 65.2 Å². The van der Waals surface area contributed by atoms with E-state index in [-0.39, 0.29) is 38.1 Å². The van der Waals surface area contributed by atoms with Gasteiger partial charge in [-0.15, -0.1) is 12.1 Å². The zero-order chi connectivity index (χ0) is 19.0. The summed E-state index contributed by atoms with van der Waals surface area (Å²) in [6.07, 6.45) is 4.49. The summed E-state index contributed by atoms with van der Waals surface area (Å²) < 4.78 is 63.5. The first-order chi connectivity index (χ1) is 12.2. The number of alkyl halides is 3. The zero-order valence-corrected chi connectivity index (χ0v) is 17.6. The Balaban J connectivity index is 0.00000261. The Morgan fingerprint density at radius 3 is 1.78 bits per heavy atom. The monoisotopic (exact) mass is 472 g/mol. The molecule has 1 aliphatic carbocycles. The summed E-state index contributed by atoms with van der Waals surface area (Å²) in [6.45, 7) is 0. The molecule has 0 unspecified atom stereocenters. The number of rotatable bonds is 5. The average Bonchev–Trinajstić information content (AvgIpc) is 2.55. The molecule has 9 heteroatoms. The largest absolute Gasteiger partial charge is 0.534 e. The van der Waals surface area contributed by atoms with Crippen LogP contribution in [0.15, 0.2) is 48.5 Å². The number of carbonyl (C=O) groups excluding carboxylic acids is 1. The molecule has 0 spiro atoms. The van der Waals surface area contributed by atoms with E-state index >= 15 is 0 Å². The molecule has 0 saturated heterocycles. The second kappa shape index (κ2) is 8.01. The molecule has 1 saturated carbocycles. The van der Waals surface area contributed by atoms with Gasteiger partial charge in [0.1, 0.15) is 5.75 Å². The van der Waals surface area contributed by atoms with Crippen LogP contribution in [0.3, 0.4) is 0 Å². The summed E-state index contributed by atoms with van der Waals surface area (Å²) in [6, 6.07) is 12.6. The molecule has 0 amide bonds. The quantitative estimate of drug-likeness (QED) is 0.377. The molecule has 1 fully saturated rings. The van der Waals surface area contributed by atoms with Gasteiger partial charge in [-0.2, -0.15) is 39.3 Å². The number of halogens is 3. The predicted octanol–water partition coefficient (Wildman–Crippen LogP) is 3.84. The standard InChI is InChI=1S/C18H14F3O4S.Y/c19-18(20,21)26(23,24)25-16-8-6-15(7-9-16)17(10-1-11-17)14-4-2-13(12-22)3-5-14;/h2-9H,1,10-11H2;/q-1;. The van der Waals surface area contributed by atoms with Crippen LogP contribution in [0.4, 0.5) is 13.2 Å². The van der Waals surface area contributed by atoms with Crippen molar-refractivity contribution in [2.75, 3.05) is 0 Å². The average molecular weight is 472 g/mol. The Hall–Kier alpha value is -1.25. The molecule has 1 aliphatic rings. The Morgan fingerprint density at radius 2 is 1.41 bits per heavy atom. The van der Waals surface area contributed by atoms with Crippen LogP contribution in [0, 0.1) is 0 Å². The summed E-state index contributed by atoms with van der Waals surface area (Å²) in [4.78, 5) is 10.7. The van der Waals surface area contributed by atoms with Crippen LogP contribution in [0.5, 0.6) is 5.75 Å². The molecule has 0 atom stereocenters. The third-order valence-corrected chi connectivity index (χ3v) is 5.64. The first-order valence-electron chi connectivity index (χ1n) is 7.78. The Kier molecular flexibility index (Phi) is 6.54. The SMILES string of the molecule is O=[C-]c1ccc(C2(c3ccc(OS(=O)(=O)C(F)(F)F)cc3)CCC2)cc1.[Y]. The van der Waals surface area contributed by atoms with E-state index in [9.17, 15) is 26.4 Å². The van der Waals surface area contributed by atoms with E-state index in [0.29, 0.717) is 5.56 Å². The van der Waals surface area contributed by atoms with E-state index in [2.05, 4.69) is 4.18 Å². The van der Waals surface area contributed by atoms with Crippen molar-refractivity contribution in [2.45, 2.75) is 30.2 Å². The molecule has 0 aliphatic heterocycles. The van der Waals surface area contributed by atoms with Crippen LogP contribution in [0.25, 0.3) is 0 Å². The predicted molar refractivity (Wildman–Crippen MR) is 87.9 cm³/mol. The molecule has 2 aromatic carbocycles. The van der Waals surface area contributed by atoms with Crippen LogP contribution >= 0.6 is 0 Å². The molecule has 0 bridgehead atoms. The second-order valence-electron chi connectivity index (χ2n) is 6.12. The maximum absolute atomic E-state index is 12.4. The van der Waals surface area contributed by atoms with Crippen molar-refractivity contribution in [3.8, 4) is 5.75 Å². The fourth-order valence-corrected chi connectivity index (χ4v) is 3.59. The van der Waals surface area contributed by atoms with E-state index < -0.39 is 21.4 Å². The van der Waals surface area contributed by atoms with Crippen LogP contribution in [-0.2, 0) is 53.0 Å². The molecule has 0 heterocycles. The van der Waals surface area contributed by atoms with Gasteiger partial charge in [0.25, 0.3) is 0 Å². The van der Waals surface area contributed by atoms with Crippen molar-refractivity contribution in [1.82, 2.24) is 0 Å². The third-order valence-electron chi connectivity index (χ3n) is 4.66. The zero-order valence-electron chi connectivity index (χ0n) is 14.0. The molecule has 27 heavy (non-hydrogen) atoms. The molecular formula is C18H14F3O4SY-. The first-order valence-corrected chi connectivity index (χ1v) is 9.19. The summed E-state index contributed by atoms with van der Waals surface area (Å²) in [5.41, 5.74) is -3.51. The van der Waals surface area contributed by atoms with Crippen LogP contribution in [-0.4, -0.2) is 20.2 Å². The molecular weight excluding hydrogens is 458 g/mol. The Bertz CT molecular complexity index is 903. The van der Waals surface area contributed by atoms with Gasteiger partial charge in [-0.1, -0.05) is 24.1 Å². The topological polar surface area (TPSA) is 60.4 Å². The van der Waals surface area contributed by atoms with Crippen molar-refractivity contribution in [3.63, 3.8) is 0 Å². The van der Waals surface area contributed by atoms with E-state index in [1.165, 1.54) is 12.1 Å². The van der Waals surface area contributed by atoms with Crippen molar-refractivity contribution in [2.24, 2.45) is 0 Å². The van der Waals surface area contributed by atoms with Gasteiger partial charge in [0.2, 0.25) is 0 Å². The first kappa shape index (κ1) is 22.0. The van der Waals surface area contributed by atoms with Crippen LogP contribution in [0.2, 0.25) is 0 Å². The molecule has 4 nitrogen and oxygen atoms in total. The van der Waals surface area contributed by atoms with E-state index in [0.717, 1.165) is 30.4 Å². The fraction of sp³-hybridized carbons (Fsp3) is 0.278. The normalized spacial score (nSPS) is 16.0. The molecule has 0 aromatic heterocycles.